The Bertz CT molecular complexity index is 775. The van der Waals surface area contributed by atoms with E-state index in [0.29, 0.717) is 5.82 Å². The number of aromatic nitrogens is 2. The smallest absolute Gasteiger partial charge is 0.244 e. The molecule has 2 heterocycles. The summed E-state index contributed by atoms with van der Waals surface area (Å²) < 4.78 is 5.52. The van der Waals surface area contributed by atoms with Crippen LogP contribution in [0.15, 0.2) is 47.0 Å². The Morgan fingerprint density at radius 3 is 2.86 bits per heavy atom. The number of likely N-dealkylation sites (tertiary alicyclic amines) is 1. The molecule has 21 heavy (non-hydrogen) atoms. The third-order valence-electron chi connectivity index (χ3n) is 4.28. The van der Waals surface area contributed by atoms with Crippen LogP contribution in [-0.4, -0.2) is 28.6 Å². The fourth-order valence-corrected chi connectivity index (χ4v) is 3.12. The van der Waals surface area contributed by atoms with Crippen molar-refractivity contribution in [3.8, 4) is 11.4 Å². The Morgan fingerprint density at radius 2 is 2.00 bits per heavy atom. The van der Waals surface area contributed by atoms with E-state index in [4.69, 9.17) is 4.52 Å². The molecule has 1 aromatic heterocycles. The van der Waals surface area contributed by atoms with E-state index in [0.717, 1.165) is 29.8 Å². The molecule has 1 aliphatic heterocycles. The summed E-state index contributed by atoms with van der Waals surface area (Å²) in [6.45, 7) is 1.09. The molecule has 1 saturated heterocycles. The van der Waals surface area contributed by atoms with Gasteiger partial charge in [0.15, 0.2) is 0 Å². The molecule has 0 spiro atoms. The first-order valence-corrected chi connectivity index (χ1v) is 7.35. The molecule has 0 radical (unpaired) electrons. The molecule has 3 aromatic rings. The van der Waals surface area contributed by atoms with Gasteiger partial charge >= 0.3 is 0 Å². The Balaban J connectivity index is 1.78. The molecule has 106 valence electrons. The number of benzene rings is 2. The van der Waals surface area contributed by atoms with Gasteiger partial charge in [-0.1, -0.05) is 47.6 Å². The monoisotopic (exact) mass is 279 g/mol. The highest BCUT2D eigenvalue weighted by Gasteiger charge is 2.28. The molecule has 0 bridgehead atoms. The van der Waals surface area contributed by atoms with Crippen LogP contribution in [0.25, 0.3) is 22.2 Å². The van der Waals surface area contributed by atoms with Gasteiger partial charge in [0.25, 0.3) is 0 Å². The summed E-state index contributed by atoms with van der Waals surface area (Å²) in [5.74, 6) is 1.42. The summed E-state index contributed by atoms with van der Waals surface area (Å²) in [6.07, 6.45) is 2.28. The van der Waals surface area contributed by atoms with Crippen LogP contribution in [0.1, 0.15) is 24.8 Å². The first-order chi connectivity index (χ1) is 10.3. The quantitative estimate of drug-likeness (QED) is 0.718. The van der Waals surface area contributed by atoms with Crippen LogP contribution < -0.4 is 0 Å². The van der Waals surface area contributed by atoms with E-state index >= 15 is 0 Å². The van der Waals surface area contributed by atoms with Crippen molar-refractivity contribution in [2.45, 2.75) is 18.9 Å². The van der Waals surface area contributed by atoms with Gasteiger partial charge in [-0.25, -0.2) is 0 Å². The average Bonchev–Trinajstić information content (AvgIpc) is 3.15. The lowest BCUT2D eigenvalue weighted by molar-refractivity contribution is 0.245. The third kappa shape index (κ3) is 2.12. The predicted octanol–water partition coefficient (Wildman–Crippen LogP) is 3.66. The Morgan fingerprint density at radius 1 is 1.14 bits per heavy atom. The van der Waals surface area contributed by atoms with Crippen molar-refractivity contribution in [3.05, 3.63) is 48.4 Å². The summed E-state index contributed by atoms with van der Waals surface area (Å²) >= 11 is 0. The molecule has 2 aromatic carbocycles. The molecule has 0 unspecified atom stereocenters. The molecular weight excluding hydrogens is 262 g/mol. The normalized spacial score (nSPS) is 19.4. The molecule has 0 N–H and O–H groups in total. The minimum atomic E-state index is 0.265. The van der Waals surface area contributed by atoms with Crippen LogP contribution in [0, 0.1) is 0 Å². The lowest BCUT2D eigenvalue weighted by Crippen LogP contribution is -2.17. The molecule has 1 fully saturated rings. The van der Waals surface area contributed by atoms with Crippen molar-refractivity contribution >= 4 is 10.8 Å². The molecular formula is C17H17N3O. The van der Waals surface area contributed by atoms with E-state index < -0.39 is 0 Å². The van der Waals surface area contributed by atoms with Gasteiger partial charge in [-0.3, -0.25) is 4.90 Å². The summed E-state index contributed by atoms with van der Waals surface area (Å²) in [5.41, 5.74) is 1.03. The molecule has 1 aliphatic rings. The standard InChI is InChI=1S/C17H17N3O/c1-20-11-5-10-15(20)17-18-16(19-21-17)14-9-4-7-12-6-2-3-8-13(12)14/h2-4,6-9,15H,5,10-11H2,1H3/t15-/m1/s1. The third-order valence-corrected chi connectivity index (χ3v) is 4.28. The van der Waals surface area contributed by atoms with Crippen molar-refractivity contribution in [1.29, 1.82) is 0 Å². The Hall–Kier alpha value is -2.20. The highest BCUT2D eigenvalue weighted by atomic mass is 16.5. The van der Waals surface area contributed by atoms with Crippen molar-refractivity contribution in [2.24, 2.45) is 0 Å². The second kappa shape index (κ2) is 4.97. The Kier molecular flexibility index (Phi) is 2.97. The van der Waals surface area contributed by atoms with Gasteiger partial charge in [0.05, 0.1) is 6.04 Å². The van der Waals surface area contributed by atoms with E-state index in [1.807, 2.05) is 18.2 Å². The number of hydrogen-bond acceptors (Lipinski definition) is 4. The topological polar surface area (TPSA) is 42.2 Å². The maximum atomic E-state index is 5.52. The minimum Gasteiger partial charge on any atom is -0.337 e. The van der Waals surface area contributed by atoms with E-state index in [9.17, 15) is 0 Å². The zero-order valence-corrected chi connectivity index (χ0v) is 12.0. The van der Waals surface area contributed by atoms with Crippen molar-refractivity contribution in [3.63, 3.8) is 0 Å². The van der Waals surface area contributed by atoms with Crippen LogP contribution in [-0.2, 0) is 0 Å². The SMILES string of the molecule is CN1CCC[C@@H]1c1nc(-c2cccc3ccccc23)no1. The molecule has 4 heteroatoms. The fourth-order valence-electron chi connectivity index (χ4n) is 3.12. The number of rotatable bonds is 2. The Labute approximate surface area is 123 Å². The summed E-state index contributed by atoms with van der Waals surface area (Å²) in [5, 5.41) is 6.56. The second-order valence-electron chi connectivity index (χ2n) is 5.62. The van der Waals surface area contributed by atoms with Gasteiger partial charge in [-0.15, -0.1) is 0 Å². The van der Waals surface area contributed by atoms with Gasteiger partial charge < -0.3 is 4.52 Å². The van der Waals surface area contributed by atoms with Gasteiger partial charge in [-0.2, -0.15) is 4.98 Å². The predicted molar refractivity (Wildman–Crippen MR) is 81.8 cm³/mol. The van der Waals surface area contributed by atoms with Crippen LogP contribution in [0.3, 0.4) is 0 Å². The first-order valence-electron chi connectivity index (χ1n) is 7.35. The van der Waals surface area contributed by atoms with Gasteiger partial charge in [-0.05, 0) is 37.2 Å². The lowest BCUT2D eigenvalue weighted by atomic mass is 10.0. The van der Waals surface area contributed by atoms with Crippen LogP contribution in [0.2, 0.25) is 0 Å². The van der Waals surface area contributed by atoms with E-state index in [-0.39, 0.29) is 6.04 Å². The van der Waals surface area contributed by atoms with E-state index in [2.05, 4.69) is 46.4 Å². The largest absolute Gasteiger partial charge is 0.337 e. The minimum absolute atomic E-state index is 0.265. The van der Waals surface area contributed by atoms with E-state index in [1.54, 1.807) is 0 Å². The summed E-state index contributed by atoms with van der Waals surface area (Å²) in [6, 6.07) is 14.7. The van der Waals surface area contributed by atoms with Crippen molar-refractivity contribution in [2.75, 3.05) is 13.6 Å². The zero-order chi connectivity index (χ0) is 14.2. The van der Waals surface area contributed by atoms with Crippen LogP contribution >= 0.6 is 0 Å². The van der Waals surface area contributed by atoms with Gasteiger partial charge in [0.2, 0.25) is 11.7 Å². The number of hydrogen-bond donors (Lipinski definition) is 0. The maximum absolute atomic E-state index is 5.52. The number of fused-ring (bicyclic) bond motifs is 1. The van der Waals surface area contributed by atoms with Crippen LogP contribution in [0.4, 0.5) is 0 Å². The van der Waals surface area contributed by atoms with Gasteiger partial charge in [0, 0.05) is 5.56 Å². The maximum Gasteiger partial charge on any atom is 0.244 e. The zero-order valence-electron chi connectivity index (χ0n) is 12.0. The number of nitrogens with zero attached hydrogens (tertiary/aromatic N) is 3. The molecule has 1 atom stereocenters. The fraction of sp³-hybridized carbons (Fsp3) is 0.294. The van der Waals surface area contributed by atoms with Crippen molar-refractivity contribution in [1.82, 2.24) is 15.0 Å². The summed E-state index contributed by atoms with van der Waals surface area (Å²) in [7, 11) is 2.11. The highest BCUT2D eigenvalue weighted by Crippen LogP contribution is 2.32. The van der Waals surface area contributed by atoms with E-state index in [1.165, 1.54) is 11.8 Å². The molecule has 4 nitrogen and oxygen atoms in total. The second-order valence-corrected chi connectivity index (χ2v) is 5.62. The highest BCUT2D eigenvalue weighted by molar-refractivity contribution is 5.94. The van der Waals surface area contributed by atoms with Crippen LogP contribution in [0.5, 0.6) is 0 Å². The molecule has 0 aliphatic carbocycles. The molecule has 0 amide bonds. The summed E-state index contributed by atoms with van der Waals surface area (Å²) in [4.78, 5) is 6.92. The molecule has 0 saturated carbocycles. The van der Waals surface area contributed by atoms with Crippen molar-refractivity contribution < 1.29 is 4.52 Å². The first kappa shape index (κ1) is 12.5. The lowest BCUT2D eigenvalue weighted by Gasteiger charge is -2.14. The van der Waals surface area contributed by atoms with Gasteiger partial charge in [0.1, 0.15) is 0 Å². The average molecular weight is 279 g/mol. The molecule has 4 rings (SSSR count).